The fourth-order valence-corrected chi connectivity index (χ4v) is 2.29. The number of carbonyl (C=O) groups excluding carboxylic acids is 1. The average Bonchev–Trinajstić information content (AvgIpc) is 2.50. The van der Waals surface area contributed by atoms with Gasteiger partial charge < -0.3 is 9.94 Å². The summed E-state index contributed by atoms with van der Waals surface area (Å²) in [6, 6.07) is 9.40. The number of hydrogen-bond donors (Lipinski definition) is 1. The minimum absolute atomic E-state index is 0.220. The monoisotopic (exact) mass is 277 g/mol. The number of carbonyl (C=O) groups is 1. The smallest absolute Gasteiger partial charge is 0.312 e. The molecule has 0 aromatic heterocycles. The highest BCUT2D eigenvalue weighted by atomic mass is 16.5. The van der Waals surface area contributed by atoms with Gasteiger partial charge in [-0.1, -0.05) is 49.3 Å². The van der Waals surface area contributed by atoms with Crippen LogP contribution in [0.2, 0.25) is 0 Å². The molecule has 0 spiro atoms. The van der Waals surface area contributed by atoms with Gasteiger partial charge in [0.05, 0.1) is 17.7 Å². The van der Waals surface area contributed by atoms with Crippen LogP contribution < -0.4 is 0 Å². The highest BCUT2D eigenvalue weighted by molar-refractivity contribution is 6.02. The first-order valence-corrected chi connectivity index (χ1v) is 7.07. The van der Waals surface area contributed by atoms with Gasteiger partial charge in [-0.3, -0.25) is 4.79 Å². The van der Waals surface area contributed by atoms with Crippen molar-refractivity contribution in [1.29, 1.82) is 0 Å². The third kappa shape index (κ3) is 3.59. The lowest BCUT2D eigenvalue weighted by Crippen LogP contribution is -2.34. The van der Waals surface area contributed by atoms with E-state index in [9.17, 15) is 10.0 Å². The SMILES string of the molecule is CCOC(=O)C(CC)(CC)C/C(=N/O)c1ccccc1. The van der Waals surface area contributed by atoms with Gasteiger partial charge in [0.25, 0.3) is 0 Å². The van der Waals surface area contributed by atoms with Crippen LogP contribution in [0.15, 0.2) is 35.5 Å². The zero-order valence-electron chi connectivity index (χ0n) is 12.4. The van der Waals surface area contributed by atoms with Crippen LogP contribution >= 0.6 is 0 Å². The summed E-state index contributed by atoms with van der Waals surface area (Å²) < 4.78 is 5.19. The molecule has 4 nitrogen and oxygen atoms in total. The summed E-state index contributed by atoms with van der Waals surface area (Å²) in [6.45, 7) is 6.07. The summed E-state index contributed by atoms with van der Waals surface area (Å²) in [4.78, 5) is 12.3. The van der Waals surface area contributed by atoms with E-state index in [4.69, 9.17) is 4.74 Å². The molecule has 0 saturated carbocycles. The number of nitrogens with zero attached hydrogens (tertiary/aromatic N) is 1. The molecule has 1 aromatic carbocycles. The van der Waals surface area contributed by atoms with Gasteiger partial charge in [0.2, 0.25) is 0 Å². The summed E-state index contributed by atoms with van der Waals surface area (Å²) in [5, 5.41) is 12.7. The van der Waals surface area contributed by atoms with Crippen LogP contribution in [0.5, 0.6) is 0 Å². The van der Waals surface area contributed by atoms with Gasteiger partial charge in [0, 0.05) is 6.42 Å². The van der Waals surface area contributed by atoms with E-state index in [-0.39, 0.29) is 5.97 Å². The average molecular weight is 277 g/mol. The number of esters is 1. The Bertz CT molecular complexity index is 450. The Morgan fingerprint density at radius 1 is 1.20 bits per heavy atom. The van der Waals surface area contributed by atoms with E-state index in [1.165, 1.54) is 0 Å². The van der Waals surface area contributed by atoms with Crippen LogP contribution in [0.3, 0.4) is 0 Å². The maximum Gasteiger partial charge on any atom is 0.312 e. The predicted octanol–water partition coefficient (Wildman–Crippen LogP) is 3.62. The Labute approximate surface area is 120 Å². The molecule has 0 aliphatic carbocycles. The highest BCUT2D eigenvalue weighted by Gasteiger charge is 2.38. The minimum Gasteiger partial charge on any atom is -0.466 e. The standard InChI is InChI=1S/C16H23NO3/c1-4-16(5-2,15(18)20-6-3)12-14(17-19)13-10-8-7-9-11-13/h7-11,19H,4-6,12H2,1-3H3/b17-14-. The van der Waals surface area contributed by atoms with Crippen molar-refractivity contribution in [3.8, 4) is 0 Å². The van der Waals surface area contributed by atoms with Gasteiger partial charge in [-0.25, -0.2) is 0 Å². The summed E-state index contributed by atoms with van der Waals surface area (Å²) >= 11 is 0. The lowest BCUT2D eigenvalue weighted by molar-refractivity contribution is -0.155. The molecule has 1 rings (SSSR count). The topological polar surface area (TPSA) is 58.9 Å². The lowest BCUT2D eigenvalue weighted by atomic mass is 9.76. The highest BCUT2D eigenvalue weighted by Crippen LogP contribution is 2.34. The van der Waals surface area contributed by atoms with Crippen LogP contribution in [-0.2, 0) is 9.53 Å². The van der Waals surface area contributed by atoms with Gasteiger partial charge >= 0.3 is 5.97 Å². The Morgan fingerprint density at radius 3 is 2.25 bits per heavy atom. The zero-order valence-corrected chi connectivity index (χ0v) is 12.4. The molecule has 110 valence electrons. The summed E-state index contributed by atoms with van der Waals surface area (Å²) in [5.41, 5.74) is 0.709. The molecule has 4 heteroatoms. The van der Waals surface area contributed by atoms with Gasteiger partial charge in [-0.15, -0.1) is 0 Å². The summed E-state index contributed by atoms with van der Waals surface area (Å²) in [5.74, 6) is -0.220. The quantitative estimate of drug-likeness (QED) is 0.358. The van der Waals surface area contributed by atoms with Gasteiger partial charge in [0.15, 0.2) is 0 Å². The van der Waals surface area contributed by atoms with Crippen LogP contribution in [0, 0.1) is 5.41 Å². The normalized spacial score (nSPS) is 12.2. The van der Waals surface area contributed by atoms with Crippen molar-refractivity contribution in [2.75, 3.05) is 6.61 Å². The third-order valence-corrected chi connectivity index (χ3v) is 3.80. The summed E-state index contributed by atoms with van der Waals surface area (Å²) in [7, 11) is 0. The van der Waals surface area contributed by atoms with Crippen LogP contribution in [-0.4, -0.2) is 23.5 Å². The molecule has 20 heavy (non-hydrogen) atoms. The molecule has 0 radical (unpaired) electrons. The molecule has 1 aromatic rings. The first kappa shape index (κ1) is 16.2. The second-order valence-electron chi connectivity index (χ2n) is 4.80. The van der Waals surface area contributed by atoms with E-state index in [1.807, 2.05) is 44.2 Å². The van der Waals surface area contributed by atoms with E-state index in [2.05, 4.69) is 5.16 Å². The number of oxime groups is 1. The molecule has 0 fully saturated rings. The Balaban J connectivity index is 3.03. The molecular weight excluding hydrogens is 254 g/mol. The zero-order chi connectivity index (χ0) is 15.0. The second kappa shape index (κ2) is 7.68. The van der Waals surface area contributed by atoms with Gasteiger partial charge in [-0.05, 0) is 25.3 Å². The lowest BCUT2D eigenvalue weighted by Gasteiger charge is -2.29. The van der Waals surface area contributed by atoms with E-state index in [0.29, 0.717) is 31.6 Å². The Kier molecular flexibility index (Phi) is 6.22. The third-order valence-electron chi connectivity index (χ3n) is 3.80. The largest absolute Gasteiger partial charge is 0.466 e. The van der Waals surface area contributed by atoms with Crippen LogP contribution in [0.4, 0.5) is 0 Å². The number of rotatable bonds is 7. The first-order chi connectivity index (χ1) is 9.63. The molecule has 0 amide bonds. The number of hydrogen-bond acceptors (Lipinski definition) is 4. The van der Waals surface area contributed by atoms with Crippen LogP contribution in [0.25, 0.3) is 0 Å². The van der Waals surface area contributed by atoms with Crippen molar-refractivity contribution in [2.24, 2.45) is 10.6 Å². The molecule has 0 aliphatic rings. The molecular formula is C16H23NO3. The van der Waals surface area contributed by atoms with E-state index in [1.54, 1.807) is 6.92 Å². The van der Waals surface area contributed by atoms with Gasteiger partial charge in [0.1, 0.15) is 0 Å². The van der Waals surface area contributed by atoms with Crippen molar-refractivity contribution in [3.63, 3.8) is 0 Å². The molecule has 1 N–H and O–H groups in total. The first-order valence-electron chi connectivity index (χ1n) is 7.07. The van der Waals surface area contributed by atoms with Crippen molar-refractivity contribution >= 4 is 11.7 Å². The fraction of sp³-hybridized carbons (Fsp3) is 0.500. The second-order valence-corrected chi connectivity index (χ2v) is 4.80. The molecule has 0 saturated heterocycles. The van der Waals surface area contributed by atoms with Crippen molar-refractivity contribution in [2.45, 2.75) is 40.0 Å². The number of ether oxygens (including phenoxy) is 1. The maximum absolute atomic E-state index is 12.3. The molecule has 0 atom stereocenters. The molecule has 0 aliphatic heterocycles. The number of benzene rings is 1. The fourth-order valence-electron chi connectivity index (χ4n) is 2.29. The Hall–Kier alpha value is -1.84. The summed E-state index contributed by atoms with van der Waals surface area (Å²) in [6.07, 6.45) is 1.67. The maximum atomic E-state index is 12.3. The molecule has 0 unspecified atom stereocenters. The predicted molar refractivity (Wildman–Crippen MR) is 79.0 cm³/mol. The van der Waals surface area contributed by atoms with E-state index < -0.39 is 5.41 Å². The Morgan fingerprint density at radius 2 is 1.80 bits per heavy atom. The van der Waals surface area contributed by atoms with Crippen molar-refractivity contribution in [1.82, 2.24) is 0 Å². The molecule has 0 bridgehead atoms. The van der Waals surface area contributed by atoms with Crippen LogP contribution in [0.1, 0.15) is 45.6 Å². The van der Waals surface area contributed by atoms with Gasteiger partial charge in [-0.2, -0.15) is 0 Å². The molecule has 0 heterocycles. The minimum atomic E-state index is -0.632. The van der Waals surface area contributed by atoms with Crippen molar-refractivity contribution < 1.29 is 14.7 Å². The van der Waals surface area contributed by atoms with E-state index in [0.717, 1.165) is 5.56 Å². The van der Waals surface area contributed by atoms with Crippen molar-refractivity contribution in [3.05, 3.63) is 35.9 Å². The van der Waals surface area contributed by atoms with E-state index >= 15 is 0 Å².